The molecular weight excluding hydrogens is 352 g/mol. The van der Waals surface area contributed by atoms with E-state index in [1.165, 1.54) is 0 Å². The first-order chi connectivity index (χ1) is 13.1. The lowest BCUT2D eigenvalue weighted by atomic mass is 10.1. The van der Waals surface area contributed by atoms with Gasteiger partial charge in [0.15, 0.2) is 0 Å². The average molecular weight is 383 g/mol. The summed E-state index contributed by atoms with van der Waals surface area (Å²) in [4.78, 5) is 0.735. The lowest BCUT2D eigenvalue weighted by Gasteiger charge is -2.11. The Balaban J connectivity index is 2.40. The van der Waals surface area contributed by atoms with Crippen molar-refractivity contribution in [3.05, 3.63) is 71.8 Å². The van der Waals surface area contributed by atoms with Gasteiger partial charge in [-0.05, 0) is 36.1 Å². The summed E-state index contributed by atoms with van der Waals surface area (Å²) in [6, 6.07) is 14.5. The van der Waals surface area contributed by atoms with Gasteiger partial charge in [0.1, 0.15) is 0 Å². The van der Waals surface area contributed by atoms with Gasteiger partial charge in [0.05, 0.1) is 9.79 Å². The molecule has 2 nitrogen and oxygen atoms in total. The van der Waals surface area contributed by atoms with Crippen LogP contribution in [0.4, 0.5) is 0 Å². The van der Waals surface area contributed by atoms with Crippen LogP contribution in [0.1, 0.15) is 63.5 Å². The summed E-state index contributed by atoms with van der Waals surface area (Å²) in [6.07, 6.45) is 14.4. The fraction of sp³-hybridized carbons (Fsp3) is 0.333. The van der Waals surface area contributed by atoms with Crippen LogP contribution < -0.4 is 0 Å². The van der Waals surface area contributed by atoms with E-state index in [0.29, 0.717) is 9.79 Å². The second kappa shape index (κ2) is 10.9. The van der Waals surface area contributed by atoms with Crippen molar-refractivity contribution < 1.29 is 8.42 Å². The number of rotatable bonds is 10. The molecule has 0 aliphatic carbocycles. The van der Waals surface area contributed by atoms with Crippen LogP contribution in [0.2, 0.25) is 0 Å². The second-order valence-corrected chi connectivity index (χ2v) is 8.55. The SMILES string of the molecule is CCCCC=Cc1ccccc1S(=O)(=O)c1ccccc1C=CCCCC. The molecule has 0 saturated heterocycles. The number of hydrogen-bond acceptors (Lipinski definition) is 2. The molecule has 0 aliphatic heterocycles. The van der Waals surface area contributed by atoms with Crippen molar-refractivity contribution >= 4 is 22.0 Å². The Morgan fingerprint density at radius 2 is 1.11 bits per heavy atom. The molecule has 0 fully saturated rings. The maximum atomic E-state index is 13.4. The molecule has 144 valence electrons. The summed E-state index contributed by atoms with van der Waals surface area (Å²) in [7, 11) is -3.59. The Morgan fingerprint density at radius 1 is 0.704 bits per heavy atom. The molecule has 27 heavy (non-hydrogen) atoms. The topological polar surface area (TPSA) is 34.1 Å². The normalized spacial score (nSPS) is 12.2. The summed E-state index contributed by atoms with van der Waals surface area (Å²) >= 11 is 0. The van der Waals surface area contributed by atoms with Crippen LogP contribution in [0, 0.1) is 0 Å². The largest absolute Gasteiger partial charge is 0.218 e. The number of unbranched alkanes of at least 4 members (excludes halogenated alkanes) is 4. The number of hydrogen-bond donors (Lipinski definition) is 0. The molecule has 0 bridgehead atoms. The lowest BCUT2D eigenvalue weighted by molar-refractivity contribution is 0.595. The highest BCUT2D eigenvalue weighted by Gasteiger charge is 2.22. The molecule has 2 aromatic rings. The van der Waals surface area contributed by atoms with Crippen LogP contribution in [0.25, 0.3) is 12.2 Å². The predicted octanol–water partition coefficient (Wildman–Crippen LogP) is 6.93. The monoisotopic (exact) mass is 382 g/mol. The fourth-order valence-corrected chi connectivity index (χ4v) is 4.55. The molecule has 3 heteroatoms. The highest BCUT2D eigenvalue weighted by atomic mass is 32.2. The van der Waals surface area contributed by atoms with Gasteiger partial charge in [-0.15, -0.1) is 0 Å². The Hall–Kier alpha value is -2.13. The zero-order valence-electron chi connectivity index (χ0n) is 16.4. The molecule has 0 unspecified atom stereocenters. The van der Waals surface area contributed by atoms with Crippen molar-refractivity contribution in [1.82, 2.24) is 0 Å². The zero-order valence-corrected chi connectivity index (χ0v) is 17.2. The fourth-order valence-electron chi connectivity index (χ4n) is 2.91. The third-order valence-electron chi connectivity index (χ3n) is 4.46. The molecule has 2 rings (SSSR count). The third-order valence-corrected chi connectivity index (χ3v) is 6.36. The van der Waals surface area contributed by atoms with Gasteiger partial charge >= 0.3 is 0 Å². The van der Waals surface area contributed by atoms with Gasteiger partial charge < -0.3 is 0 Å². The second-order valence-electron chi connectivity index (χ2n) is 6.67. The molecule has 0 spiro atoms. The maximum absolute atomic E-state index is 13.4. The molecule has 0 aliphatic rings. The van der Waals surface area contributed by atoms with Crippen LogP contribution in [0.3, 0.4) is 0 Å². The minimum absolute atomic E-state index is 0.368. The Morgan fingerprint density at radius 3 is 1.52 bits per heavy atom. The highest BCUT2D eigenvalue weighted by molar-refractivity contribution is 7.91. The van der Waals surface area contributed by atoms with Crippen LogP contribution in [-0.2, 0) is 9.84 Å². The molecule has 0 N–H and O–H groups in total. The highest BCUT2D eigenvalue weighted by Crippen LogP contribution is 2.28. The van der Waals surface area contributed by atoms with Crippen molar-refractivity contribution in [3.63, 3.8) is 0 Å². The summed E-state index contributed by atoms with van der Waals surface area (Å²) < 4.78 is 26.8. The van der Waals surface area contributed by atoms with Crippen molar-refractivity contribution in [2.75, 3.05) is 0 Å². The van der Waals surface area contributed by atoms with Gasteiger partial charge in [-0.25, -0.2) is 8.42 Å². The van der Waals surface area contributed by atoms with E-state index >= 15 is 0 Å². The van der Waals surface area contributed by atoms with Crippen LogP contribution in [-0.4, -0.2) is 8.42 Å². The molecule has 0 amide bonds. The minimum Gasteiger partial charge on any atom is -0.218 e. The van der Waals surface area contributed by atoms with E-state index in [-0.39, 0.29) is 0 Å². The van der Waals surface area contributed by atoms with E-state index < -0.39 is 9.84 Å². The molecule has 2 aromatic carbocycles. The Labute approximate surface area is 164 Å². The van der Waals surface area contributed by atoms with E-state index in [9.17, 15) is 8.42 Å². The zero-order chi connectivity index (χ0) is 19.5. The minimum atomic E-state index is -3.59. The van der Waals surface area contributed by atoms with Gasteiger partial charge in [0.25, 0.3) is 0 Å². The molecule has 0 aromatic heterocycles. The molecule has 0 heterocycles. The van der Waals surface area contributed by atoms with Crippen LogP contribution in [0.15, 0.2) is 70.5 Å². The molecule has 0 radical (unpaired) electrons. The van der Waals surface area contributed by atoms with Crippen LogP contribution >= 0.6 is 0 Å². The quantitative estimate of drug-likeness (QED) is 0.418. The summed E-state index contributed by atoms with van der Waals surface area (Å²) in [5.41, 5.74) is 1.50. The number of sulfone groups is 1. The standard InChI is InChI=1S/C24H30O2S/c1-3-5-7-9-15-21-17-11-13-19-23(21)27(25,26)24-20-14-12-18-22(24)16-10-8-6-4-2/h9-20H,3-8H2,1-2H3. The average Bonchev–Trinajstić information content (AvgIpc) is 2.69. The van der Waals surface area contributed by atoms with Crippen molar-refractivity contribution in [2.24, 2.45) is 0 Å². The van der Waals surface area contributed by atoms with E-state index in [0.717, 1.165) is 49.7 Å². The lowest BCUT2D eigenvalue weighted by Crippen LogP contribution is -2.06. The first kappa shape index (κ1) is 21.2. The third kappa shape index (κ3) is 5.93. The maximum Gasteiger partial charge on any atom is 0.207 e. The summed E-state index contributed by atoms with van der Waals surface area (Å²) in [6.45, 7) is 4.30. The number of benzene rings is 2. The van der Waals surface area contributed by atoms with Crippen molar-refractivity contribution in [2.45, 2.75) is 62.2 Å². The first-order valence-corrected chi connectivity index (χ1v) is 11.4. The van der Waals surface area contributed by atoms with E-state index in [1.54, 1.807) is 24.3 Å². The molecule has 0 atom stereocenters. The first-order valence-electron chi connectivity index (χ1n) is 9.87. The summed E-state index contributed by atoms with van der Waals surface area (Å²) in [5, 5.41) is 0. The van der Waals surface area contributed by atoms with Gasteiger partial charge in [-0.2, -0.15) is 0 Å². The predicted molar refractivity (Wildman–Crippen MR) is 115 cm³/mol. The smallest absolute Gasteiger partial charge is 0.207 e. The van der Waals surface area contributed by atoms with E-state index in [1.807, 2.05) is 36.4 Å². The van der Waals surface area contributed by atoms with Crippen molar-refractivity contribution in [1.29, 1.82) is 0 Å². The molecular formula is C24H30O2S. The van der Waals surface area contributed by atoms with Crippen LogP contribution in [0.5, 0.6) is 0 Å². The molecule has 0 saturated carbocycles. The number of allylic oxidation sites excluding steroid dienone is 2. The van der Waals surface area contributed by atoms with Gasteiger partial charge in [-0.3, -0.25) is 0 Å². The van der Waals surface area contributed by atoms with Gasteiger partial charge in [0, 0.05) is 0 Å². The Kier molecular flexibility index (Phi) is 8.53. The van der Waals surface area contributed by atoms with Gasteiger partial charge in [0.2, 0.25) is 9.84 Å². The van der Waals surface area contributed by atoms with Gasteiger partial charge in [-0.1, -0.05) is 100 Å². The van der Waals surface area contributed by atoms with E-state index in [2.05, 4.69) is 26.0 Å². The van der Waals surface area contributed by atoms with Crippen molar-refractivity contribution in [3.8, 4) is 0 Å². The van der Waals surface area contributed by atoms with E-state index in [4.69, 9.17) is 0 Å². The Bertz CT molecular complexity index is 809. The summed E-state index contributed by atoms with van der Waals surface area (Å²) in [5.74, 6) is 0.